The summed E-state index contributed by atoms with van der Waals surface area (Å²) in [6.45, 7) is 6.55. The molecule has 2 nitrogen and oxygen atoms in total. The van der Waals surface area contributed by atoms with Gasteiger partial charge >= 0.3 is 0 Å². The van der Waals surface area contributed by atoms with Crippen LogP contribution >= 0.6 is 15.9 Å². The average Bonchev–Trinajstić information content (AvgIpc) is 2.56. The molecule has 12 heavy (non-hydrogen) atoms. The molecule has 0 aliphatic carbocycles. The molecule has 0 N–H and O–H groups in total. The fraction of sp³-hybridized carbons (Fsp3) is 1.00. The Hall–Kier alpha value is 0.400. The summed E-state index contributed by atoms with van der Waals surface area (Å²) < 4.78 is 5.57. The average molecular weight is 236 g/mol. The Labute approximate surface area is 83.4 Å². The Bertz CT molecular complexity index is 115. The van der Waals surface area contributed by atoms with Crippen molar-refractivity contribution >= 4 is 15.9 Å². The molecule has 0 spiro atoms. The van der Waals surface area contributed by atoms with Gasteiger partial charge in [0.1, 0.15) is 0 Å². The highest BCUT2D eigenvalue weighted by Gasteiger charge is 2.17. The first kappa shape index (κ1) is 10.5. The topological polar surface area (TPSA) is 12.5 Å². The molecular weight excluding hydrogens is 218 g/mol. The van der Waals surface area contributed by atoms with Crippen molar-refractivity contribution in [2.75, 3.05) is 31.6 Å². The minimum atomic E-state index is 0.504. The first-order valence-corrected chi connectivity index (χ1v) is 5.89. The van der Waals surface area contributed by atoms with Gasteiger partial charge in [0.05, 0.1) is 6.10 Å². The van der Waals surface area contributed by atoms with E-state index in [-0.39, 0.29) is 0 Å². The SMILES string of the molecule is CCN(CCBr)CC1CCCO1. The van der Waals surface area contributed by atoms with Gasteiger partial charge in [-0.05, 0) is 19.4 Å². The van der Waals surface area contributed by atoms with Crippen LogP contribution in [0.1, 0.15) is 19.8 Å². The van der Waals surface area contributed by atoms with Crippen molar-refractivity contribution in [2.24, 2.45) is 0 Å². The van der Waals surface area contributed by atoms with Gasteiger partial charge in [-0.3, -0.25) is 0 Å². The molecule has 72 valence electrons. The zero-order valence-electron chi connectivity index (χ0n) is 7.76. The molecule has 1 heterocycles. The lowest BCUT2D eigenvalue weighted by atomic mass is 10.2. The quantitative estimate of drug-likeness (QED) is 0.676. The maximum atomic E-state index is 5.57. The van der Waals surface area contributed by atoms with E-state index in [0.29, 0.717) is 6.10 Å². The van der Waals surface area contributed by atoms with Crippen LogP contribution in [0.4, 0.5) is 0 Å². The molecule has 3 heteroatoms. The third-order valence-electron chi connectivity index (χ3n) is 2.33. The van der Waals surface area contributed by atoms with Crippen LogP contribution in [-0.2, 0) is 4.74 Å². The largest absolute Gasteiger partial charge is 0.377 e. The van der Waals surface area contributed by atoms with Gasteiger partial charge < -0.3 is 9.64 Å². The molecule has 1 fully saturated rings. The van der Waals surface area contributed by atoms with Crippen LogP contribution in [0, 0.1) is 0 Å². The van der Waals surface area contributed by atoms with Gasteiger partial charge in [-0.25, -0.2) is 0 Å². The van der Waals surface area contributed by atoms with E-state index >= 15 is 0 Å². The van der Waals surface area contributed by atoms with Crippen LogP contribution < -0.4 is 0 Å². The lowest BCUT2D eigenvalue weighted by Crippen LogP contribution is -2.33. The highest BCUT2D eigenvalue weighted by Crippen LogP contribution is 2.13. The van der Waals surface area contributed by atoms with Gasteiger partial charge in [0.2, 0.25) is 0 Å². The molecular formula is C9H18BrNO. The molecule has 1 saturated heterocycles. The molecule has 1 aliphatic heterocycles. The van der Waals surface area contributed by atoms with E-state index in [1.807, 2.05) is 0 Å². The lowest BCUT2D eigenvalue weighted by Gasteiger charge is -2.22. The van der Waals surface area contributed by atoms with Crippen molar-refractivity contribution in [2.45, 2.75) is 25.9 Å². The molecule has 0 amide bonds. The second kappa shape index (κ2) is 5.95. The van der Waals surface area contributed by atoms with E-state index in [1.165, 1.54) is 12.8 Å². The smallest absolute Gasteiger partial charge is 0.0702 e. The molecule has 1 unspecified atom stereocenters. The predicted molar refractivity (Wildman–Crippen MR) is 54.9 cm³/mol. The van der Waals surface area contributed by atoms with Crippen LogP contribution in [0.2, 0.25) is 0 Å². The maximum absolute atomic E-state index is 5.57. The molecule has 0 aromatic carbocycles. The number of hydrogen-bond donors (Lipinski definition) is 0. The Morgan fingerprint density at radius 3 is 2.92 bits per heavy atom. The summed E-state index contributed by atoms with van der Waals surface area (Å²) in [7, 11) is 0. The molecule has 0 bridgehead atoms. The number of ether oxygens (including phenoxy) is 1. The predicted octanol–water partition coefficient (Wildman–Crippen LogP) is 1.88. The number of hydrogen-bond acceptors (Lipinski definition) is 2. The summed E-state index contributed by atoms with van der Waals surface area (Å²) in [6, 6.07) is 0. The Balaban J connectivity index is 2.16. The normalized spacial score (nSPS) is 23.8. The summed E-state index contributed by atoms with van der Waals surface area (Å²) in [4.78, 5) is 2.44. The van der Waals surface area contributed by atoms with Gasteiger partial charge in [-0.1, -0.05) is 22.9 Å². The Morgan fingerprint density at radius 2 is 2.42 bits per heavy atom. The number of nitrogens with zero attached hydrogens (tertiary/aromatic N) is 1. The van der Waals surface area contributed by atoms with E-state index in [9.17, 15) is 0 Å². The van der Waals surface area contributed by atoms with Gasteiger partial charge in [0, 0.05) is 25.0 Å². The fourth-order valence-electron chi connectivity index (χ4n) is 1.57. The van der Waals surface area contributed by atoms with E-state index in [1.54, 1.807) is 0 Å². The maximum Gasteiger partial charge on any atom is 0.0702 e. The van der Waals surface area contributed by atoms with E-state index in [0.717, 1.165) is 31.6 Å². The van der Waals surface area contributed by atoms with Crippen molar-refractivity contribution < 1.29 is 4.74 Å². The molecule has 1 atom stereocenters. The second-order valence-corrected chi connectivity index (χ2v) is 4.01. The van der Waals surface area contributed by atoms with Gasteiger partial charge in [-0.15, -0.1) is 0 Å². The lowest BCUT2D eigenvalue weighted by molar-refractivity contribution is 0.0770. The molecule has 0 aromatic rings. The van der Waals surface area contributed by atoms with Crippen LogP contribution in [-0.4, -0.2) is 42.6 Å². The van der Waals surface area contributed by atoms with Crippen molar-refractivity contribution in [3.63, 3.8) is 0 Å². The monoisotopic (exact) mass is 235 g/mol. The minimum Gasteiger partial charge on any atom is -0.377 e. The first-order valence-electron chi connectivity index (χ1n) is 4.76. The second-order valence-electron chi connectivity index (χ2n) is 3.22. The standard InChI is InChI=1S/C9H18BrNO/c1-2-11(6-5-10)8-9-4-3-7-12-9/h9H,2-8H2,1H3. The third kappa shape index (κ3) is 3.42. The van der Waals surface area contributed by atoms with Crippen molar-refractivity contribution in [3.8, 4) is 0 Å². The van der Waals surface area contributed by atoms with E-state index in [2.05, 4.69) is 27.8 Å². The third-order valence-corrected chi connectivity index (χ3v) is 2.69. The summed E-state index contributed by atoms with van der Waals surface area (Å²) in [5, 5.41) is 1.06. The van der Waals surface area contributed by atoms with Gasteiger partial charge in [0.15, 0.2) is 0 Å². The van der Waals surface area contributed by atoms with Crippen LogP contribution in [0.3, 0.4) is 0 Å². The Morgan fingerprint density at radius 1 is 1.58 bits per heavy atom. The summed E-state index contributed by atoms with van der Waals surface area (Å²) in [6.07, 6.45) is 3.00. The molecule has 1 rings (SSSR count). The molecule has 0 saturated carbocycles. The van der Waals surface area contributed by atoms with Crippen molar-refractivity contribution in [1.82, 2.24) is 4.90 Å². The van der Waals surface area contributed by atoms with Crippen LogP contribution in [0.15, 0.2) is 0 Å². The van der Waals surface area contributed by atoms with Gasteiger partial charge in [0.25, 0.3) is 0 Å². The molecule has 0 aromatic heterocycles. The van der Waals surface area contributed by atoms with Crippen molar-refractivity contribution in [3.05, 3.63) is 0 Å². The number of rotatable bonds is 5. The highest BCUT2D eigenvalue weighted by molar-refractivity contribution is 9.09. The molecule has 0 radical (unpaired) electrons. The van der Waals surface area contributed by atoms with E-state index < -0.39 is 0 Å². The summed E-state index contributed by atoms with van der Waals surface area (Å²) in [5.74, 6) is 0. The summed E-state index contributed by atoms with van der Waals surface area (Å²) in [5.41, 5.74) is 0. The number of alkyl halides is 1. The first-order chi connectivity index (χ1) is 5.86. The minimum absolute atomic E-state index is 0.504. The zero-order chi connectivity index (χ0) is 8.81. The van der Waals surface area contributed by atoms with Crippen LogP contribution in [0.25, 0.3) is 0 Å². The summed E-state index contributed by atoms with van der Waals surface area (Å²) >= 11 is 3.46. The van der Waals surface area contributed by atoms with Crippen LogP contribution in [0.5, 0.6) is 0 Å². The fourth-order valence-corrected chi connectivity index (χ4v) is 2.08. The van der Waals surface area contributed by atoms with E-state index in [4.69, 9.17) is 4.74 Å². The van der Waals surface area contributed by atoms with Gasteiger partial charge in [-0.2, -0.15) is 0 Å². The highest BCUT2D eigenvalue weighted by atomic mass is 79.9. The Kier molecular flexibility index (Phi) is 5.19. The van der Waals surface area contributed by atoms with Crippen molar-refractivity contribution in [1.29, 1.82) is 0 Å². The molecule has 1 aliphatic rings. The number of halogens is 1. The number of likely N-dealkylation sites (N-methyl/N-ethyl adjacent to an activating group) is 1. The zero-order valence-corrected chi connectivity index (χ0v) is 9.35.